The Hall–Kier alpha value is -1.86. The summed E-state index contributed by atoms with van der Waals surface area (Å²) in [5, 5.41) is 0. The van der Waals surface area contributed by atoms with Gasteiger partial charge in [-0.3, -0.25) is 0 Å². The molecule has 12 heavy (non-hydrogen) atoms. The monoisotopic (exact) mass is 167 g/mol. The van der Waals surface area contributed by atoms with Gasteiger partial charge in [0, 0.05) is 6.42 Å². The van der Waals surface area contributed by atoms with Crippen LogP contribution in [-0.2, 0) is 14.4 Å². The lowest BCUT2D eigenvalue weighted by atomic mass is 10.3. The average molecular weight is 167 g/mol. The molecule has 6 heteroatoms. The van der Waals surface area contributed by atoms with Gasteiger partial charge in [0.1, 0.15) is 0 Å². The van der Waals surface area contributed by atoms with Crippen molar-refractivity contribution in [2.24, 2.45) is 15.0 Å². The van der Waals surface area contributed by atoms with E-state index in [2.05, 4.69) is 15.0 Å². The number of hydrogen-bond acceptors (Lipinski definition) is 6. The van der Waals surface area contributed by atoms with Gasteiger partial charge in [-0.25, -0.2) is 14.4 Å². The van der Waals surface area contributed by atoms with Gasteiger partial charge in [-0.05, 0) is 0 Å². The maximum Gasteiger partial charge on any atom is 0.277 e. The molecule has 0 aliphatic rings. The third-order valence-corrected chi connectivity index (χ3v) is 1.15. The van der Waals surface area contributed by atoms with Gasteiger partial charge in [0.05, 0.1) is 0 Å². The quantitative estimate of drug-likeness (QED) is 0.438. The summed E-state index contributed by atoms with van der Waals surface area (Å²) < 4.78 is 0. The molecule has 62 valence electrons. The molecule has 0 fully saturated rings. The van der Waals surface area contributed by atoms with Gasteiger partial charge in [-0.15, -0.1) is 0 Å². The third-order valence-electron chi connectivity index (χ3n) is 1.15. The summed E-state index contributed by atoms with van der Waals surface area (Å²) >= 11 is 0. The Morgan fingerprint density at radius 2 is 1.33 bits per heavy atom. The van der Waals surface area contributed by atoms with Crippen molar-refractivity contribution < 1.29 is 14.4 Å². The van der Waals surface area contributed by atoms with E-state index in [9.17, 15) is 14.4 Å². The van der Waals surface area contributed by atoms with Crippen LogP contribution in [0.5, 0.6) is 0 Å². The highest BCUT2D eigenvalue weighted by Crippen LogP contribution is 2.17. The predicted molar refractivity (Wildman–Crippen MR) is 37.4 cm³/mol. The van der Waals surface area contributed by atoms with Crippen molar-refractivity contribution in [2.75, 3.05) is 0 Å². The second-order valence-corrected chi connectivity index (χ2v) is 1.74. The first kappa shape index (κ1) is 10.1. The third kappa shape index (κ3) is 2.40. The molecule has 6 nitrogen and oxygen atoms in total. The predicted octanol–water partition coefficient (Wildman–Crippen LogP) is 0.0576. The van der Waals surface area contributed by atoms with Crippen LogP contribution in [0.15, 0.2) is 15.0 Å². The summed E-state index contributed by atoms with van der Waals surface area (Å²) in [4.78, 5) is 38.8. The lowest BCUT2D eigenvalue weighted by molar-refractivity contribution is 0.436. The molecule has 0 spiro atoms. The van der Waals surface area contributed by atoms with Crippen molar-refractivity contribution in [1.29, 1.82) is 0 Å². The first-order valence-electron chi connectivity index (χ1n) is 3.01. The molecule has 0 aromatic heterocycles. The van der Waals surface area contributed by atoms with Gasteiger partial charge in [0.25, 0.3) is 5.79 Å². The van der Waals surface area contributed by atoms with E-state index in [-0.39, 0.29) is 6.42 Å². The minimum absolute atomic E-state index is 0.0900. The van der Waals surface area contributed by atoms with Crippen LogP contribution in [-0.4, -0.2) is 24.0 Å². The number of carbonyl (C=O) groups excluding carboxylic acids is 3. The molecule has 0 atom stereocenters. The Bertz CT molecular complexity index is 248. The Labute approximate surface area is 67.7 Å². The topological polar surface area (TPSA) is 88.3 Å². The van der Waals surface area contributed by atoms with Crippen LogP contribution in [0.25, 0.3) is 0 Å². The number of isocyanates is 3. The molecular weight excluding hydrogens is 162 g/mol. The Balaban J connectivity index is 5.13. The fourth-order valence-corrected chi connectivity index (χ4v) is 0.531. The number of aliphatic imine (C=N–C) groups is 3. The standard InChI is InChI=1S/C6H5N3O3/c1-2-6(7-3-10,8-4-11)9-5-12/h2H2,1H3. The van der Waals surface area contributed by atoms with Crippen LogP contribution in [0.2, 0.25) is 0 Å². The van der Waals surface area contributed by atoms with E-state index in [1.807, 2.05) is 0 Å². The SMILES string of the molecule is CCC(N=C=O)(N=C=O)N=C=O. The second kappa shape index (κ2) is 4.88. The molecule has 0 unspecified atom stereocenters. The largest absolute Gasteiger partial charge is 0.277 e. The minimum atomic E-state index is -1.70. The van der Waals surface area contributed by atoms with E-state index in [0.717, 1.165) is 18.2 Å². The summed E-state index contributed by atoms with van der Waals surface area (Å²) in [5.41, 5.74) is 0. The van der Waals surface area contributed by atoms with E-state index >= 15 is 0 Å². The zero-order valence-electron chi connectivity index (χ0n) is 6.27. The highest BCUT2D eigenvalue weighted by Gasteiger charge is 2.25. The highest BCUT2D eigenvalue weighted by molar-refractivity contribution is 5.42. The molecule has 0 rings (SSSR count). The summed E-state index contributed by atoms with van der Waals surface area (Å²) in [5.74, 6) is -1.70. The zero-order valence-corrected chi connectivity index (χ0v) is 6.27. The molecule has 0 N–H and O–H groups in total. The molecule has 0 aliphatic carbocycles. The lowest BCUT2D eigenvalue weighted by Gasteiger charge is -2.10. The van der Waals surface area contributed by atoms with Crippen LogP contribution in [0, 0.1) is 0 Å². The van der Waals surface area contributed by atoms with Crippen molar-refractivity contribution >= 4 is 18.2 Å². The molecule has 0 saturated heterocycles. The van der Waals surface area contributed by atoms with Gasteiger partial charge >= 0.3 is 0 Å². The Morgan fingerprint density at radius 1 is 1.00 bits per heavy atom. The molecule has 0 heterocycles. The van der Waals surface area contributed by atoms with Crippen LogP contribution in [0.3, 0.4) is 0 Å². The van der Waals surface area contributed by atoms with Crippen molar-refractivity contribution in [3.05, 3.63) is 0 Å². The normalized spacial score (nSPS) is 12.8. The molecule has 0 amide bonds. The zero-order chi connectivity index (χ0) is 9.45. The van der Waals surface area contributed by atoms with Crippen molar-refractivity contribution in [3.8, 4) is 0 Å². The molecule has 0 aromatic carbocycles. The molecule has 0 radical (unpaired) electrons. The summed E-state index contributed by atoms with van der Waals surface area (Å²) in [6.45, 7) is 1.54. The summed E-state index contributed by atoms with van der Waals surface area (Å²) in [6, 6.07) is 0. The fourth-order valence-electron chi connectivity index (χ4n) is 0.531. The van der Waals surface area contributed by atoms with Gasteiger partial charge in [-0.1, -0.05) is 6.92 Å². The maximum absolute atomic E-state index is 9.86. The molecule has 0 aromatic rings. The summed E-state index contributed by atoms with van der Waals surface area (Å²) in [6.07, 6.45) is 3.57. The molecule has 0 bridgehead atoms. The van der Waals surface area contributed by atoms with Crippen LogP contribution < -0.4 is 0 Å². The number of rotatable bonds is 4. The molecule has 0 aliphatic heterocycles. The number of nitrogens with zero attached hydrogens (tertiary/aromatic N) is 3. The lowest BCUT2D eigenvalue weighted by Crippen LogP contribution is -2.18. The second-order valence-electron chi connectivity index (χ2n) is 1.74. The van der Waals surface area contributed by atoms with Gasteiger partial charge in [0.15, 0.2) is 0 Å². The van der Waals surface area contributed by atoms with E-state index in [4.69, 9.17) is 0 Å². The number of hydrogen-bond donors (Lipinski definition) is 0. The van der Waals surface area contributed by atoms with E-state index in [1.165, 1.54) is 0 Å². The van der Waals surface area contributed by atoms with Crippen molar-refractivity contribution in [2.45, 2.75) is 19.1 Å². The maximum atomic E-state index is 9.86. The minimum Gasteiger partial charge on any atom is -0.211 e. The van der Waals surface area contributed by atoms with E-state index < -0.39 is 5.79 Å². The first-order chi connectivity index (χ1) is 5.74. The van der Waals surface area contributed by atoms with E-state index in [0.29, 0.717) is 0 Å². The smallest absolute Gasteiger partial charge is 0.211 e. The molecular formula is C6H5N3O3. The fraction of sp³-hybridized carbons (Fsp3) is 0.500. The molecule has 0 saturated carbocycles. The van der Waals surface area contributed by atoms with Crippen LogP contribution in [0.4, 0.5) is 0 Å². The first-order valence-corrected chi connectivity index (χ1v) is 3.01. The summed E-state index contributed by atoms with van der Waals surface area (Å²) in [7, 11) is 0. The van der Waals surface area contributed by atoms with Crippen molar-refractivity contribution in [3.63, 3.8) is 0 Å². The Morgan fingerprint density at radius 3 is 1.50 bits per heavy atom. The van der Waals surface area contributed by atoms with Gasteiger partial charge in [-0.2, -0.15) is 15.0 Å². The van der Waals surface area contributed by atoms with Gasteiger partial charge < -0.3 is 0 Å². The van der Waals surface area contributed by atoms with E-state index in [1.54, 1.807) is 6.92 Å². The van der Waals surface area contributed by atoms with Crippen LogP contribution >= 0.6 is 0 Å². The van der Waals surface area contributed by atoms with Crippen molar-refractivity contribution in [1.82, 2.24) is 0 Å². The Kier molecular flexibility index (Phi) is 4.12. The van der Waals surface area contributed by atoms with Crippen LogP contribution in [0.1, 0.15) is 13.3 Å². The highest BCUT2D eigenvalue weighted by atomic mass is 16.1. The van der Waals surface area contributed by atoms with Gasteiger partial charge in [0.2, 0.25) is 18.2 Å². The average Bonchev–Trinajstić information content (AvgIpc) is 2.06.